The van der Waals surface area contributed by atoms with Crippen LogP contribution < -0.4 is 10.6 Å². The Hall–Kier alpha value is -1.34. The van der Waals surface area contributed by atoms with E-state index in [1.807, 2.05) is 6.92 Å². The number of carbonyl (C=O) groups excluding carboxylic acids is 1. The van der Waals surface area contributed by atoms with Crippen LogP contribution in [0.2, 0.25) is 0 Å². The Morgan fingerprint density at radius 2 is 2.00 bits per heavy atom. The molecule has 1 heterocycles. The van der Waals surface area contributed by atoms with Crippen molar-refractivity contribution < 1.29 is 14.3 Å². The van der Waals surface area contributed by atoms with E-state index in [4.69, 9.17) is 9.47 Å². The maximum absolute atomic E-state index is 11.6. The fraction of sp³-hybridized carbons (Fsp3) is 0.875. The van der Waals surface area contributed by atoms with E-state index in [1.165, 1.54) is 24.2 Å². The van der Waals surface area contributed by atoms with Crippen LogP contribution >= 0.6 is 0 Å². The molecule has 2 fully saturated rings. The van der Waals surface area contributed by atoms with Gasteiger partial charge < -0.3 is 25.0 Å². The van der Waals surface area contributed by atoms with E-state index in [0.717, 1.165) is 19.4 Å². The normalized spacial score (nSPS) is 23.8. The lowest BCUT2D eigenvalue weighted by Crippen LogP contribution is -2.43. The lowest BCUT2D eigenvalue weighted by atomic mass is 9.94. The molecule has 1 unspecified atom stereocenters. The molecule has 1 saturated heterocycles. The summed E-state index contributed by atoms with van der Waals surface area (Å²) in [5.74, 6) is 0.265. The van der Waals surface area contributed by atoms with Gasteiger partial charge in [-0.2, -0.15) is 0 Å². The number of nitrogens with one attached hydrogen (secondary N) is 2. The highest BCUT2D eigenvalue weighted by atomic mass is 16.7. The molecule has 7 nitrogen and oxygen atoms in total. The molecule has 1 aliphatic heterocycles. The van der Waals surface area contributed by atoms with Gasteiger partial charge in [-0.15, -0.1) is 0 Å². The largest absolute Gasteiger partial charge is 0.357 e. The van der Waals surface area contributed by atoms with E-state index in [0.29, 0.717) is 19.1 Å². The quantitative estimate of drug-likeness (QED) is 0.575. The summed E-state index contributed by atoms with van der Waals surface area (Å²) in [6, 6.07) is 0. The van der Waals surface area contributed by atoms with Gasteiger partial charge in [0, 0.05) is 40.0 Å². The van der Waals surface area contributed by atoms with Crippen molar-refractivity contribution in [2.75, 3.05) is 40.3 Å². The SMILES string of the molecule is CCNC(=NCC(=O)N(C)C)NCC1COC2(CCCCC2)O1. The van der Waals surface area contributed by atoms with Crippen LogP contribution in [-0.4, -0.2) is 69.0 Å². The van der Waals surface area contributed by atoms with Gasteiger partial charge in [0.25, 0.3) is 0 Å². The third kappa shape index (κ3) is 5.35. The molecule has 1 amide bonds. The predicted octanol–water partition coefficient (Wildman–Crippen LogP) is 0.706. The molecule has 2 N–H and O–H groups in total. The van der Waals surface area contributed by atoms with Gasteiger partial charge in [0.1, 0.15) is 12.6 Å². The molecular weight excluding hydrogens is 296 g/mol. The standard InChI is InChI=1S/C16H30N4O3/c1-4-17-15(19-11-14(21)20(2)3)18-10-13-12-22-16(23-13)8-6-5-7-9-16/h13H,4-12H2,1-3H3,(H2,17,18,19). The summed E-state index contributed by atoms with van der Waals surface area (Å²) in [5, 5.41) is 6.39. The number of ether oxygens (including phenoxy) is 2. The zero-order valence-corrected chi connectivity index (χ0v) is 14.6. The molecular formula is C16H30N4O3. The highest BCUT2D eigenvalue weighted by Crippen LogP contribution is 2.37. The maximum atomic E-state index is 11.6. The number of carbonyl (C=O) groups is 1. The van der Waals surface area contributed by atoms with E-state index in [9.17, 15) is 4.79 Å². The molecule has 0 radical (unpaired) electrons. The lowest BCUT2D eigenvalue weighted by Gasteiger charge is -2.31. The lowest BCUT2D eigenvalue weighted by molar-refractivity contribution is -0.186. The highest BCUT2D eigenvalue weighted by molar-refractivity contribution is 5.84. The molecule has 0 aromatic carbocycles. The molecule has 1 atom stereocenters. The first-order valence-electron chi connectivity index (χ1n) is 8.59. The van der Waals surface area contributed by atoms with E-state index in [1.54, 1.807) is 14.1 Å². The van der Waals surface area contributed by atoms with Crippen LogP contribution in [0.3, 0.4) is 0 Å². The number of likely N-dealkylation sites (N-methyl/N-ethyl adjacent to an activating group) is 1. The third-order valence-electron chi connectivity index (χ3n) is 4.24. The Labute approximate surface area is 138 Å². The Morgan fingerprint density at radius 1 is 1.26 bits per heavy atom. The smallest absolute Gasteiger partial charge is 0.243 e. The van der Waals surface area contributed by atoms with Crippen molar-refractivity contribution in [1.29, 1.82) is 0 Å². The van der Waals surface area contributed by atoms with Crippen LogP contribution in [-0.2, 0) is 14.3 Å². The monoisotopic (exact) mass is 326 g/mol. The van der Waals surface area contributed by atoms with Crippen molar-refractivity contribution in [2.24, 2.45) is 4.99 Å². The predicted molar refractivity (Wildman–Crippen MR) is 89.3 cm³/mol. The summed E-state index contributed by atoms with van der Waals surface area (Å²) >= 11 is 0. The molecule has 7 heteroatoms. The number of rotatable bonds is 5. The zero-order valence-electron chi connectivity index (χ0n) is 14.6. The summed E-state index contributed by atoms with van der Waals surface area (Å²) in [6.45, 7) is 4.12. The molecule has 132 valence electrons. The molecule has 0 aromatic heterocycles. The average molecular weight is 326 g/mol. The number of hydrogen-bond acceptors (Lipinski definition) is 4. The van der Waals surface area contributed by atoms with Gasteiger partial charge in [-0.1, -0.05) is 6.42 Å². The van der Waals surface area contributed by atoms with Gasteiger partial charge in [-0.3, -0.25) is 4.79 Å². The minimum atomic E-state index is -0.346. The summed E-state index contributed by atoms with van der Waals surface area (Å²) in [4.78, 5) is 17.5. The Morgan fingerprint density at radius 3 is 2.65 bits per heavy atom. The molecule has 1 aliphatic carbocycles. The Balaban J connectivity index is 1.80. The summed E-state index contributed by atoms with van der Waals surface area (Å²) < 4.78 is 12.1. The molecule has 23 heavy (non-hydrogen) atoms. The first kappa shape index (κ1) is 18.0. The van der Waals surface area contributed by atoms with Gasteiger partial charge in [-0.05, 0) is 19.8 Å². The summed E-state index contributed by atoms with van der Waals surface area (Å²) in [5.41, 5.74) is 0. The van der Waals surface area contributed by atoms with Crippen LogP contribution in [0.15, 0.2) is 4.99 Å². The topological polar surface area (TPSA) is 75.2 Å². The first-order chi connectivity index (χ1) is 11.0. The van der Waals surface area contributed by atoms with E-state index < -0.39 is 0 Å². The van der Waals surface area contributed by atoms with Crippen LogP contribution in [0.25, 0.3) is 0 Å². The molecule has 1 saturated carbocycles. The zero-order chi connectivity index (χ0) is 16.7. The Bertz CT molecular complexity index is 420. The van der Waals surface area contributed by atoms with Crippen LogP contribution in [0.5, 0.6) is 0 Å². The number of nitrogens with zero attached hydrogens (tertiary/aromatic N) is 2. The molecule has 2 aliphatic rings. The van der Waals surface area contributed by atoms with Crippen molar-refractivity contribution in [3.05, 3.63) is 0 Å². The second-order valence-corrected chi connectivity index (χ2v) is 6.39. The van der Waals surface area contributed by atoms with Gasteiger partial charge in [0.05, 0.1) is 6.61 Å². The number of guanidine groups is 1. The minimum Gasteiger partial charge on any atom is -0.357 e. The van der Waals surface area contributed by atoms with Crippen LogP contribution in [0.1, 0.15) is 39.0 Å². The van der Waals surface area contributed by atoms with Crippen LogP contribution in [0, 0.1) is 0 Å². The third-order valence-corrected chi connectivity index (χ3v) is 4.24. The molecule has 1 spiro atoms. The van der Waals surface area contributed by atoms with Crippen molar-refractivity contribution >= 4 is 11.9 Å². The number of aliphatic imine (C=N–C) groups is 1. The van der Waals surface area contributed by atoms with Crippen molar-refractivity contribution in [1.82, 2.24) is 15.5 Å². The van der Waals surface area contributed by atoms with Crippen molar-refractivity contribution in [3.63, 3.8) is 0 Å². The molecule has 0 bridgehead atoms. The van der Waals surface area contributed by atoms with E-state index in [-0.39, 0.29) is 24.3 Å². The fourth-order valence-corrected chi connectivity index (χ4v) is 2.91. The van der Waals surface area contributed by atoms with Gasteiger partial charge in [-0.25, -0.2) is 4.99 Å². The van der Waals surface area contributed by atoms with Crippen molar-refractivity contribution in [3.8, 4) is 0 Å². The molecule has 2 rings (SSSR count). The average Bonchev–Trinajstić information content (AvgIpc) is 2.93. The summed E-state index contributed by atoms with van der Waals surface area (Å²) in [6.07, 6.45) is 5.65. The fourth-order valence-electron chi connectivity index (χ4n) is 2.91. The van der Waals surface area contributed by atoms with Gasteiger partial charge in [0.15, 0.2) is 11.7 Å². The maximum Gasteiger partial charge on any atom is 0.243 e. The first-order valence-corrected chi connectivity index (χ1v) is 8.59. The van der Waals surface area contributed by atoms with Crippen molar-refractivity contribution in [2.45, 2.75) is 50.9 Å². The Kier molecular flexibility index (Phi) is 6.65. The number of hydrogen-bond donors (Lipinski definition) is 2. The molecule has 0 aromatic rings. The minimum absolute atomic E-state index is 0.0242. The second kappa shape index (κ2) is 8.49. The highest BCUT2D eigenvalue weighted by Gasteiger charge is 2.42. The van der Waals surface area contributed by atoms with Crippen LogP contribution in [0.4, 0.5) is 0 Å². The van der Waals surface area contributed by atoms with Gasteiger partial charge in [0.2, 0.25) is 5.91 Å². The number of amides is 1. The summed E-state index contributed by atoms with van der Waals surface area (Å²) in [7, 11) is 3.46. The van der Waals surface area contributed by atoms with E-state index in [2.05, 4.69) is 15.6 Å². The van der Waals surface area contributed by atoms with Gasteiger partial charge >= 0.3 is 0 Å². The van der Waals surface area contributed by atoms with E-state index >= 15 is 0 Å². The second-order valence-electron chi connectivity index (χ2n) is 6.39.